The number of nitrogens with one attached hydrogen (secondary N) is 3. The number of Topliss-reactive ketones (excluding diaryl/α,β-unsaturated/α-hetero) is 3. The minimum atomic E-state index is -1.01. The van der Waals surface area contributed by atoms with Crippen LogP contribution in [0.2, 0.25) is 0 Å². The number of ether oxygens (including phenoxy) is 3. The Hall–Kier alpha value is -5.36. The number of rotatable bonds is 17. The van der Waals surface area contributed by atoms with Crippen LogP contribution < -0.4 is 16.0 Å². The van der Waals surface area contributed by atoms with E-state index >= 15 is 0 Å². The molecular formula is C39H51N9O8. The van der Waals surface area contributed by atoms with Gasteiger partial charge >= 0.3 is 0 Å². The predicted octanol–water partition coefficient (Wildman–Crippen LogP) is 1.06. The van der Waals surface area contributed by atoms with Gasteiger partial charge in [0.05, 0.1) is 81.3 Å². The first kappa shape index (κ1) is 41.8. The second kappa shape index (κ2) is 21.1. The van der Waals surface area contributed by atoms with Crippen molar-refractivity contribution in [1.29, 1.82) is 0 Å². The fraction of sp³-hybridized carbons (Fsp3) is 0.487. The first-order valence-electron chi connectivity index (χ1n) is 18.7. The Morgan fingerprint density at radius 3 is 2.11 bits per heavy atom. The maximum absolute atomic E-state index is 14.1. The number of carbonyl (C=O) groups excluding carboxylic acids is 5. The molecule has 4 atom stereocenters. The average Bonchev–Trinajstić information content (AvgIpc) is 3.98. The third-order valence-corrected chi connectivity index (χ3v) is 9.48. The van der Waals surface area contributed by atoms with Crippen LogP contribution in [0.1, 0.15) is 51.9 Å². The van der Waals surface area contributed by atoms with Crippen molar-refractivity contribution in [2.24, 2.45) is 5.92 Å². The zero-order chi connectivity index (χ0) is 39.9. The predicted molar refractivity (Wildman–Crippen MR) is 203 cm³/mol. The van der Waals surface area contributed by atoms with Gasteiger partial charge < -0.3 is 43.9 Å². The van der Waals surface area contributed by atoms with E-state index in [2.05, 4.69) is 30.9 Å². The zero-order valence-corrected chi connectivity index (χ0v) is 32.1. The Balaban J connectivity index is 1.30. The number of hydrogen-bond donors (Lipinski definition) is 3. The van der Waals surface area contributed by atoms with Crippen LogP contribution in [0, 0.1) is 5.92 Å². The van der Waals surface area contributed by atoms with Gasteiger partial charge in [-0.25, -0.2) is 15.0 Å². The summed E-state index contributed by atoms with van der Waals surface area (Å²) in [6, 6.07) is 4.02. The molecule has 17 heteroatoms. The van der Waals surface area contributed by atoms with E-state index in [1.54, 1.807) is 91.3 Å². The lowest BCUT2D eigenvalue weighted by atomic mass is 9.95. The normalized spacial score (nSPS) is 19.4. The Morgan fingerprint density at radius 2 is 1.48 bits per heavy atom. The molecule has 0 radical (unpaired) electrons. The third-order valence-electron chi connectivity index (χ3n) is 9.48. The Kier molecular flexibility index (Phi) is 15.7. The Morgan fingerprint density at radius 1 is 0.839 bits per heavy atom. The number of hydrogen-bond acceptors (Lipinski definition) is 12. The number of nitrogens with zero attached hydrogens (tertiary/aromatic N) is 6. The lowest BCUT2D eigenvalue weighted by molar-refractivity contribution is -0.132. The standard InChI is InChI=1S/C39H51N9O8/c1-27(49)33-17-31-21-47(25-42-31)19-30(37(51)29-8-6-28(7-9-29)36(50)5-4-12-55-15-16-56-14-13-54-3)20-48-22-32(43-26-48)18-34(40-2)38(52)45-35(39(53)44-33)23-46-11-10-41-24-46/h6-11,21-22,24-26,30,33-35,40H,4-5,12-20,23H2,1-3H3,(H,44,53)(H,45,52). The molecule has 1 aliphatic heterocycles. The number of imidazole rings is 3. The smallest absolute Gasteiger partial charge is 0.245 e. The van der Waals surface area contributed by atoms with Gasteiger partial charge in [-0.1, -0.05) is 24.3 Å². The molecule has 4 heterocycles. The van der Waals surface area contributed by atoms with E-state index < -0.39 is 35.9 Å². The van der Waals surface area contributed by atoms with E-state index in [9.17, 15) is 24.0 Å². The molecule has 3 N–H and O–H groups in total. The molecule has 4 aromatic rings. The van der Waals surface area contributed by atoms with E-state index in [4.69, 9.17) is 14.2 Å². The van der Waals surface area contributed by atoms with Gasteiger partial charge in [0, 0.05) is 82.0 Å². The summed E-state index contributed by atoms with van der Waals surface area (Å²) < 4.78 is 21.1. The molecule has 1 aromatic carbocycles. The van der Waals surface area contributed by atoms with Gasteiger partial charge in [0.15, 0.2) is 17.3 Å². The van der Waals surface area contributed by atoms with Gasteiger partial charge in [0.1, 0.15) is 6.04 Å². The molecule has 0 saturated heterocycles. The highest BCUT2D eigenvalue weighted by molar-refractivity contribution is 6.00. The van der Waals surface area contributed by atoms with E-state index in [-0.39, 0.29) is 49.8 Å². The van der Waals surface area contributed by atoms with Crippen molar-refractivity contribution in [2.75, 3.05) is 47.2 Å². The third kappa shape index (κ3) is 12.3. The average molecular weight is 774 g/mol. The van der Waals surface area contributed by atoms with E-state index in [1.165, 1.54) is 6.92 Å². The zero-order valence-electron chi connectivity index (χ0n) is 32.1. The fourth-order valence-electron chi connectivity index (χ4n) is 6.34. The van der Waals surface area contributed by atoms with Crippen LogP contribution in [0.5, 0.6) is 0 Å². The molecule has 4 unspecified atom stereocenters. The van der Waals surface area contributed by atoms with Gasteiger partial charge in [0.2, 0.25) is 11.8 Å². The summed E-state index contributed by atoms with van der Waals surface area (Å²) >= 11 is 0. The first-order chi connectivity index (χ1) is 27.1. The molecule has 4 bridgehead atoms. The van der Waals surface area contributed by atoms with E-state index in [1.807, 2.05) is 4.57 Å². The maximum atomic E-state index is 14.1. The number of carbonyl (C=O) groups is 5. The number of methoxy groups -OCH3 is 1. The van der Waals surface area contributed by atoms with Crippen molar-refractivity contribution in [3.8, 4) is 0 Å². The van der Waals surface area contributed by atoms with Crippen LogP contribution in [-0.2, 0) is 61.1 Å². The lowest BCUT2D eigenvalue weighted by Gasteiger charge is -2.24. The molecule has 1 aliphatic rings. The second-order valence-corrected chi connectivity index (χ2v) is 13.7. The summed E-state index contributed by atoms with van der Waals surface area (Å²) in [6.45, 7) is 4.37. The lowest BCUT2D eigenvalue weighted by Crippen LogP contribution is -2.56. The van der Waals surface area contributed by atoms with Crippen LogP contribution in [0.25, 0.3) is 0 Å². The van der Waals surface area contributed by atoms with Crippen molar-refractivity contribution in [3.05, 3.63) is 90.5 Å². The van der Waals surface area contributed by atoms with Crippen LogP contribution in [0.4, 0.5) is 0 Å². The Bertz CT molecular complexity index is 1890. The van der Waals surface area contributed by atoms with E-state index in [0.29, 0.717) is 68.4 Å². The topological polar surface area (TPSA) is 203 Å². The van der Waals surface area contributed by atoms with Gasteiger partial charge in [-0.2, -0.15) is 0 Å². The first-order valence-corrected chi connectivity index (χ1v) is 18.7. The minimum Gasteiger partial charge on any atom is -0.382 e. The number of aromatic nitrogens is 6. The summed E-state index contributed by atoms with van der Waals surface area (Å²) in [7, 11) is 3.26. The number of ketones is 3. The van der Waals surface area contributed by atoms with Crippen molar-refractivity contribution in [2.45, 2.75) is 70.4 Å². The highest BCUT2D eigenvalue weighted by Gasteiger charge is 2.30. The summed E-state index contributed by atoms with van der Waals surface area (Å²) in [5, 5.41) is 8.66. The summed E-state index contributed by atoms with van der Waals surface area (Å²) in [6.07, 6.45) is 12.8. The molecule has 3 aromatic heterocycles. The maximum Gasteiger partial charge on any atom is 0.245 e. The molecule has 0 spiro atoms. The van der Waals surface area contributed by atoms with Gasteiger partial charge in [0.25, 0.3) is 0 Å². The molecule has 0 saturated carbocycles. The van der Waals surface area contributed by atoms with Gasteiger partial charge in [-0.15, -0.1) is 0 Å². The minimum absolute atomic E-state index is 0.0422. The molecule has 5 rings (SSSR count). The highest BCUT2D eigenvalue weighted by atomic mass is 16.5. The van der Waals surface area contributed by atoms with Gasteiger partial charge in [-0.3, -0.25) is 24.0 Å². The van der Waals surface area contributed by atoms with Crippen LogP contribution >= 0.6 is 0 Å². The van der Waals surface area contributed by atoms with Crippen LogP contribution in [0.3, 0.4) is 0 Å². The highest BCUT2D eigenvalue weighted by Crippen LogP contribution is 2.18. The quantitative estimate of drug-likeness (QED) is 0.102. The van der Waals surface area contributed by atoms with Crippen molar-refractivity contribution in [1.82, 2.24) is 44.6 Å². The summed E-state index contributed by atoms with van der Waals surface area (Å²) in [5.74, 6) is -2.00. The summed E-state index contributed by atoms with van der Waals surface area (Å²) in [4.78, 5) is 80.0. The monoisotopic (exact) mass is 773 g/mol. The summed E-state index contributed by atoms with van der Waals surface area (Å²) in [5.41, 5.74) is 2.10. The molecule has 2 amide bonds. The van der Waals surface area contributed by atoms with Crippen LogP contribution in [0.15, 0.2) is 68.0 Å². The number of benzene rings is 1. The Labute approximate surface area is 325 Å². The van der Waals surface area contributed by atoms with E-state index in [0.717, 1.165) is 0 Å². The molecule has 300 valence electrons. The van der Waals surface area contributed by atoms with Crippen molar-refractivity contribution >= 4 is 29.2 Å². The number of fused-ring (bicyclic) bond motifs is 4. The molecule has 0 fully saturated rings. The molecule has 56 heavy (non-hydrogen) atoms. The fourth-order valence-corrected chi connectivity index (χ4v) is 6.34. The van der Waals surface area contributed by atoms with Crippen molar-refractivity contribution in [3.63, 3.8) is 0 Å². The van der Waals surface area contributed by atoms with Crippen molar-refractivity contribution < 1.29 is 38.2 Å². The molecule has 17 nitrogen and oxygen atoms in total. The number of likely N-dealkylation sites (N-methyl/N-ethyl adjacent to an activating group) is 1. The largest absolute Gasteiger partial charge is 0.382 e. The molecule has 0 aliphatic carbocycles. The SMILES string of the molecule is CNC1Cc2cn(cn2)CC(C(=O)c2ccc(C(=O)CCCOCCOCCOC)cc2)Cn2cnc(c2)CC(C(C)=O)NC(=O)C(Cn2ccnc2)NC1=O. The molecular weight excluding hydrogens is 722 g/mol. The van der Waals surface area contributed by atoms with Crippen LogP contribution in [-0.4, -0.2) is 123 Å². The van der Waals surface area contributed by atoms with Gasteiger partial charge in [-0.05, 0) is 20.4 Å². The number of amides is 2. The second-order valence-electron chi connectivity index (χ2n) is 13.7.